The minimum Gasteiger partial charge on any atom is -0.493 e. The highest BCUT2D eigenvalue weighted by Gasteiger charge is 2.16. The summed E-state index contributed by atoms with van der Waals surface area (Å²) in [5.74, 6) is 1.02. The fourth-order valence-corrected chi connectivity index (χ4v) is 3.20. The average molecular weight is 288 g/mol. The van der Waals surface area contributed by atoms with Gasteiger partial charge in [0.1, 0.15) is 5.75 Å². The zero-order chi connectivity index (χ0) is 14.5. The van der Waals surface area contributed by atoms with Gasteiger partial charge in [0.25, 0.3) is 0 Å². The van der Waals surface area contributed by atoms with Crippen LogP contribution in [0.4, 0.5) is 4.79 Å². The molecule has 0 unspecified atom stereocenters. The number of fused-ring (bicyclic) bond motifs is 1. The molecule has 114 valence electrons. The standard InChI is InChI=1S/C17H24N2O2/c20-17(19-15-5-1-2-6-15)18-10-9-13-7-8-16-14(12-13)4-3-11-21-16/h7-8,12,15H,1-6,9-11H2,(H2,18,19,20). The third kappa shape index (κ3) is 3.90. The summed E-state index contributed by atoms with van der Waals surface area (Å²) in [5.41, 5.74) is 2.56. The highest BCUT2D eigenvalue weighted by atomic mass is 16.5. The minimum atomic E-state index is -0.0248. The Morgan fingerprint density at radius 1 is 1.24 bits per heavy atom. The largest absolute Gasteiger partial charge is 0.493 e. The normalized spacial score (nSPS) is 17.9. The van der Waals surface area contributed by atoms with Crippen LogP contribution in [-0.2, 0) is 12.8 Å². The maximum absolute atomic E-state index is 11.8. The first-order chi connectivity index (χ1) is 10.3. The number of carbonyl (C=O) groups is 1. The van der Waals surface area contributed by atoms with Crippen LogP contribution in [0, 0.1) is 0 Å². The van der Waals surface area contributed by atoms with Crippen molar-refractivity contribution in [2.75, 3.05) is 13.2 Å². The van der Waals surface area contributed by atoms with Crippen molar-refractivity contribution in [3.8, 4) is 5.75 Å². The first kappa shape index (κ1) is 14.2. The Balaban J connectivity index is 1.43. The zero-order valence-electron chi connectivity index (χ0n) is 12.5. The maximum Gasteiger partial charge on any atom is 0.315 e. The van der Waals surface area contributed by atoms with Gasteiger partial charge in [-0.05, 0) is 49.3 Å². The molecule has 2 aliphatic rings. The van der Waals surface area contributed by atoms with Gasteiger partial charge in [0.15, 0.2) is 0 Å². The van der Waals surface area contributed by atoms with E-state index in [0.717, 1.165) is 44.5 Å². The van der Waals surface area contributed by atoms with Gasteiger partial charge in [-0.15, -0.1) is 0 Å². The van der Waals surface area contributed by atoms with Crippen molar-refractivity contribution < 1.29 is 9.53 Å². The van der Waals surface area contributed by atoms with Crippen LogP contribution in [0.15, 0.2) is 18.2 Å². The van der Waals surface area contributed by atoms with Crippen LogP contribution in [0.2, 0.25) is 0 Å². The smallest absolute Gasteiger partial charge is 0.315 e. The van der Waals surface area contributed by atoms with Crippen molar-refractivity contribution in [1.29, 1.82) is 0 Å². The molecule has 2 amide bonds. The van der Waals surface area contributed by atoms with Gasteiger partial charge in [0.05, 0.1) is 6.61 Å². The lowest BCUT2D eigenvalue weighted by Gasteiger charge is -2.18. The van der Waals surface area contributed by atoms with Crippen molar-refractivity contribution in [2.24, 2.45) is 0 Å². The van der Waals surface area contributed by atoms with Crippen LogP contribution in [0.5, 0.6) is 5.75 Å². The Hall–Kier alpha value is -1.71. The topological polar surface area (TPSA) is 50.4 Å². The quantitative estimate of drug-likeness (QED) is 0.895. The monoisotopic (exact) mass is 288 g/mol. The van der Waals surface area contributed by atoms with Crippen molar-refractivity contribution in [3.05, 3.63) is 29.3 Å². The van der Waals surface area contributed by atoms with Crippen LogP contribution in [0.3, 0.4) is 0 Å². The lowest BCUT2D eigenvalue weighted by Crippen LogP contribution is -2.41. The van der Waals surface area contributed by atoms with Gasteiger partial charge in [-0.25, -0.2) is 4.79 Å². The molecule has 0 aromatic heterocycles. The molecule has 0 saturated heterocycles. The molecule has 1 saturated carbocycles. The van der Waals surface area contributed by atoms with E-state index >= 15 is 0 Å². The highest BCUT2D eigenvalue weighted by molar-refractivity contribution is 5.74. The van der Waals surface area contributed by atoms with E-state index in [2.05, 4.69) is 28.8 Å². The molecular formula is C17H24N2O2. The molecule has 0 spiro atoms. The summed E-state index contributed by atoms with van der Waals surface area (Å²) in [7, 11) is 0. The molecule has 0 bridgehead atoms. The summed E-state index contributed by atoms with van der Waals surface area (Å²) in [6, 6.07) is 6.72. The second-order valence-electron chi connectivity index (χ2n) is 6.03. The highest BCUT2D eigenvalue weighted by Crippen LogP contribution is 2.25. The Bertz CT molecular complexity index is 496. The predicted octanol–water partition coefficient (Wildman–Crippen LogP) is 2.80. The molecule has 1 heterocycles. The summed E-state index contributed by atoms with van der Waals surface area (Å²) in [5, 5.41) is 6.00. The van der Waals surface area contributed by atoms with E-state index in [1.54, 1.807) is 0 Å². The van der Waals surface area contributed by atoms with Crippen molar-refractivity contribution in [3.63, 3.8) is 0 Å². The maximum atomic E-state index is 11.8. The Labute approximate surface area is 126 Å². The molecule has 0 radical (unpaired) electrons. The van der Waals surface area contributed by atoms with Crippen molar-refractivity contribution in [1.82, 2.24) is 10.6 Å². The molecule has 1 aliphatic heterocycles. The second-order valence-corrected chi connectivity index (χ2v) is 6.03. The predicted molar refractivity (Wildman–Crippen MR) is 82.8 cm³/mol. The van der Waals surface area contributed by atoms with Crippen molar-refractivity contribution in [2.45, 2.75) is 51.0 Å². The van der Waals surface area contributed by atoms with E-state index in [9.17, 15) is 4.79 Å². The molecule has 21 heavy (non-hydrogen) atoms. The molecule has 1 fully saturated rings. The Morgan fingerprint density at radius 3 is 2.95 bits per heavy atom. The average Bonchev–Trinajstić information content (AvgIpc) is 3.00. The SMILES string of the molecule is O=C(NCCc1ccc2c(c1)CCCO2)NC1CCCC1. The number of hydrogen-bond acceptors (Lipinski definition) is 2. The molecule has 4 nitrogen and oxygen atoms in total. The lowest BCUT2D eigenvalue weighted by atomic mass is 10.0. The van der Waals surface area contributed by atoms with Gasteiger partial charge >= 0.3 is 6.03 Å². The fourth-order valence-electron chi connectivity index (χ4n) is 3.20. The molecular weight excluding hydrogens is 264 g/mol. The van der Waals surface area contributed by atoms with E-state index in [0.29, 0.717) is 12.6 Å². The Kier molecular flexibility index (Phi) is 4.63. The number of amides is 2. The molecule has 1 aliphatic carbocycles. The van der Waals surface area contributed by atoms with Crippen molar-refractivity contribution >= 4 is 6.03 Å². The van der Waals surface area contributed by atoms with Gasteiger partial charge in [-0.1, -0.05) is 25.0 Å². The number of nitrogens with one attached hydrogen (secondary N) is 2. The number of urea groups is 1. The third-order valence-electron chi connectivity index (χ3n) is 4.36. The summed E-state index contributed by atoms with van der Waals surface area (Å²) in [4.78, 5) is 11.8. The molecule has 0 atom stereocenters. The number of rotatable bonds is 4. The summed E-state index contributed by atoms with van der Waals surface area (Å²) < 4.78 is 5.62. The summed E-state index contributed by atoms with van der Waals surface area (Å²) >= 11 is 0. The van der Waals surface area contributed by atoms with Gasteiger partial charge in [0, 0.05) is 12.6 Å². The van der Waals surface area contributed by atoms with Gasteiger partial charge in [-0.2, -0.15) is 0 Å². The minimum absolute atomic E-state index is 0.0248. The summed E-state index contributed by atoms with van der Waals surface area (Å²) in [6.07, 6.45) is 7.78. The van der Waals surface area contributed by atoms with E-state index < -0.39 is 0 Å². The molecule has 2 N–H and O–H groups in total. The zero-order valence-corrected chi connectivity index (χ0v) is 12.5. The lowest BCUT2D eigenvalue weighted by molar-refractivity contribution is 0.237. The van der Waals surface area contributed by atoms with Crippen LogP contribution in [0.1, 0.15) is 43.2 Å². The first-order valence-corrected chi connectivity index (χ1v) is 8.10. The van der Waals surface area contributed by atoms with Crippen LogP contribution in [-0.4, -0.2) is 25.2 Å². The van der Waals surface area contributed by atoms with Gasteiger partial charge in [0.2, 0.25) is 0 Å². The molecule has 3 rings (SSSR count). The number of hydrogen-bond donors (Lipinski definition) is 2. The number of benzene rings is 1. The summed E-state index contributed by atoms with van der Waals surface area (Å²) in [6.45, 7) is 1.51. The number of carbonyl (C=O) groups excluding carboxylic acids is 1. The Morgan fingerprint density at radius 2 is 2.10 bits per heavy atom. The number of ether oxygens (including phenoxy) is 1. The van der Waals surface area contributed by atoms with Gasteiger partial charge < -0.3 is 15.4 Å². The van der Waals surface area contributed by atoms with E-state index in [1.165, 1.54) is 24.0 Å². The fraction of sp³-hybridized carbons (Fsp3) is 0.588. The van der Waals surface area contributed by atoms with Crippen LogP contribution >= 0.6 is 0 Å². The van der Waals surface area contributed by atoms with Crippen LogP contribution < -0.4 is 15.4 Å². The second kappa shape index (κ2) is 6.83. The molecule has 4 heteroatoms. The van der Waals surface area contributed by atoms with Crippen LogP contribution in [0.25, 0.3) is 0 Å². The van der Waals surface area contributed by atoms with Gasteiger partial charge in [-0.3, -0.25) is 0 Å². The third-order valence-corrected chi connectivity index (χ3v) is 4.36. The first-order valence-electron chi connectivity index (χ1n) is 8.10. The van der Waals surface area contributed by atoms with E-state index in [1.807, 2.05) is 0 Å². The number of aryl methyl sites for hydroxylation is 1. The van der Waals surface area contributed by atoms with E-state index in [-0.39, 0.29) is 6.03 Å². The molecule has 1 aromatic rings. The van der Waals surface area contributed by atoms with E-state index in [4.69, 9.17) is 4.74 Å². The molecule has 1 aromatic carbocycles.